The van der Waals surface area contributed by atoms with Crippen LogP contribution < -0.4 is 9.47 Å². The van der Waals surface area contributed by atoms with Crippen molar-refractivity contribution in [3.8, 4) is 11.5 Å². The molecule has 3 aliphatic heterocycles. The molecule has 0 amide bonds. The van der Waals surface area contributed by atoms with E-state index >= 15 is 0 Å². The molecule has 1 aromatic heterocycles. The highest BCUT2D eigenvalue weighted by molar-refractivity contribution is 5.85. The van der Waals surface area contributed by atoms with Crippen LogP contribution in [0.1, 0.15) is 47.2 Å². The fraction of sp³-hybridized carbons (Fsp3) is 0.345. The van der Waals surface area contributed by atoms with Gasteiger partial charge in [0.15, 0.2) is 0 Å². The molecule has 0 aliphatic carbocycles. The van der Waals surface area contributed by atoms with E-state index in [-0.39, 0.29) is 5.60 Å². The molecular weight excluding hydrogens is 424 g/mol. The number of pyridine rings is 1. The zero-order chi connectivity index (χ0) is 23.0. The fourth-order valence-electron chi connectivity index (χ4n) is 5.61. The molecule has 34 heavy (non-hydrogen) atoms. The monoisotopic (exact) mass is 454 g/mol. The summed E-state index contributed by atoms with van der Waals surface area (Å²) < 4.78 is 18.0. The molecule has 0 saturated carbocycles. The predicted octanol–water partition coefficient (Wildman–Crippen LogP) is 5.33. The minimum absolute atomic E-state index is 0.0791. The van der Waals surface area contributed by atoms with E-state index in [0.717, 1.165) is 73.8 Å². The first-order chi connectivity index (χ1) is 16.8. The number of nitrogens with zero attached hydrogens (tertiary/aromatic N) is 2. The standard InChI is InChI=1S/C29H30N2O3/c1-32-22-10-11-28-25(18-22)23(24-7-4-14-30-27(24)20-33-28)8-5-15-31-16-12-29(13-17-31)26-9-3-2-6-21(26)19-34-29/h2-4,6-11,14,18H,5,12-13,15-17,19-20H2,1H3. The van der Waals surface area contributed by atoms with Crippen LogP contribution in [-0.4, -0.2) is 36.6 Å². The number of fused-ring (bicyclic) bond motifs is 4. The first-order valence-electron chi connectivity index (χ1n) is 12.2. The zero-order valence-electron chi connectivity index (χ0n) is 19.6. The number of aromatic nitrogens is 1. The van der Waals surface area contributed by atoms with Gasteiger partial charge in [-0.15, -0.1) is 0 Å². The summed E-state index contributed by atoms with van der Waals surface area (Å²) in [7, 11) is 1.70. The van der Waals surface area contributed by atoms with Gasteiger partial charge >= 0.3 is 0 Å². The van der Waals surface area contributed by atoms with Crippen molar-refractivity contribution in [2.24, 2.45) is 0 Å². The van der Waals surface area contributed by atoms with E-state index in [1.807, 2.05) is 24.4 Å². The van der Waals surface area contributed by atoms with Gasteiger partial charge in [-0.25, -0.2) is 0 Å². The maximum absolute atomic E-state index is 6.34. The maximum Gasteiger partial charge on any atom is 0.131 e. The zero-order valence-corrected chi connectivity index (χ0v) is 19.6. The molecule has 1 spiro atoms. The molecular formula is C29H30N2O3. The van der Waals surface area contributed by atoms with Crippen LogP contribution >= 0.6 is 0 Å². The second kappa shape index (κ2) is 8.90. The highest BCUT2D eigenvalue weighted by Crippen LogP contribution is 2.44. The first-order valence-corrected chi connectivity index (χ1v) is 12.2. The molecule has 1 fully saturated rings. The van der Waals surface area contributed by atoms with Crippen LogP contribution in [0.3, 0.4) is 0 Å². The Bertz CT molecular complexity index is 1230. The Morgan fingerprint density at radius 1 is 1.03 bits per heavy atom. The largest absolute Gasteiger partial charge is 0.497 e. The van der Waals surface area contributed by atoms with Gasteiger partial charge < -0.3 is 19.1 Å². The molecule has 0 atom stereocenters. The summed E-state index contributed by atoms with van der Waals surface area (Å²) in [4.78, 5) is 7.16. The number of rotatable bonds is 4. The molecule has 0 unspecified atom stereocenters. The predicted molar refractivity (Wildman–Crippen MR) is 132 cm³/mol. The van der Waals surface area contributed by atoms with E-state index in [9.17, 15) is 0 Å². The van der Waals surface area contributed by atoms with E-state index in [4.69, 9.17) is 14.2 Å². The van der Waals surface area contributed by atoms with Crippen LogP contribution in [0.25, 0.3) is 5.57 Å². The summed E-state index contributed by atoms with van der Waals surface area (Å²) in [6.07, 6.45) is 7.26. The lowest BCUT2D eigenvalue weighted by Crippen LogP contribution is -2.42. The summed E-state index contributed by atoms with van der Waals surface area (Å²) in [6, 6.07) is 18.9. The van der Waals surface area contributed by atoms with Crippen LogP contribution in [0.2, 0.25) is 0 Å². The van der Waals surface area contributed by atoms with Gasteiger partial charge in [-0.1, -0.05) is 36.4 Å². The van der Waals surface area contributed by atoms with E-state index in [2.05, 4.69) is 52.4 Å². The van der Waals surface area contributed by atoms with Gasteiger partial charge in [0.25, 0.3) is 0 Å². The van der Waals surface area contributed by atoms with E-state index in [1.165, 1.54) is 16.7 Å². The minimum Gasteiger partial charge on any atom is -0.497 e. The van der Waals surface area contributed by atoms with Crippen LogP contribution in [-0.2, 0) is 23.6 Å². The number of likely N-dealkylation sites (tertiary alicyclic amines) is 1. The van der Waals surface area contributed by atoms with Crippen molar-refractivity contribution in [3.63, 3.8) is 0 Å². The molecule has 174 valence electrons. The SMILES string of the molecule is COc1ccc2c(c1)C(=CCCN1CCC3(CC1)OCc1ccccc13)c1cccnc1CO2. The minimum atomic E-state index is -0.0791. The van der Waals surface area contributed by atoms with Gasteiger partial charge in [-0.2, -0.15) is 0 Å². The van der Waals surface area contributed by atoms with Crippen LogP contribution in [0.5, 0.6) is 11.5 Å². The van der Waals surface area contributed by atoms with Crippen molar-refractivity contribution in [2.45, 2.75) is 38.1 Å². The molecule has 5 heteroatoms. The topological polar surface area (TPSA) is 43.8 Å². The quantitative estimate of drug-likeness (QED) is 0.533. The molecule has 1 saturated heterocycles. The number of piperidine rings is 1. The third kappa shape index (κ3) is 3.79. The molecule has 0 bridgehead atoms. The van der Waals surface area contributed by atoms with Gasteiger partial charge in [0.1, 0.15) is 18.1 Å². The molecule has 6 rings (SSSR count). The third-order valence-corrected chi connectivity index (χ3v) is 7.49. The normalized spacial score (nSPS) is 19.7. The van der Waals surface area contributed by atoms with Crippen molar-refractivity contribution in [1.82, 2.24) is 9.88 Å². The Balaban J connectivity index is 1.20. The highest BCUT2D eigenvalue weighted by Gasteiger charge is 2.42. The third-order valence-electron chi connectivity index (χ3n) is 7.49. The van der Waals surface area contributed by atoms with Gasteiger partial charge in [-0.05, 0) is 60.2 Å². The number of hydrogen-bond acceptors (Lipinski definition) is 5. The Kier molecular flexibility index (Phi) is 5.60. The molecule has 2 aromatic carbocycles. The Hall–Kier alpha value is -3.15. The average molecular weight is 455 g/mol. The second-order valence-electron chi connectivity index (χ2n) is 9.34. The van der Waals surface area contributed by atoms with Crippen LogP contribution in [0, 0.1) is 0 Å². The summed E-state index contributed by atoms with van der Waals surface area (Å²) >= 11 is 0. The van der Waals surface area contributed by atoms with E-state index < -0.39 is 0 Å². The number of hydrogen-bond donors (Lipinski definition) is 0. The van der Waals surface area contributed by atoms with Gasteiger partial charge in [0.2, 0.25) is 0 Å². The number of methoxy groups -OCH3 is 1. The first kappa shape index (κ1) is 21.4. The van der Waals surface area contributed by atoms with Crippen LogP contribution in [0.4, 0.5) is 0 Å². The average Bonchev–Trinajstić information content (AvgIpc) is 3.16. The molecule has 5 nitrogen and oxygen atoms in total. The van der Waals surface area contributed by atoms with Crippen molar-refractivity contribution < 1.29 is 14.2 Å². The summed E-state index contributed by atoms with van der Waals surface area (Å²) in [5.41, 5.74) is 7.05. The van der Waals surface area contributed by atoms with Crippen LogP contribution in [0.15, 0.2) is 66.9 Å². The van der Waals surface area contributed by atoms with Crippen molar-refractivity contribution in [3.05, 3.63) is 94.8 Å². The highest BCUT2D eigenvalue weighted by atomic mass is 16.5. The lowest BCUT2D eigenvalue weighted by atomic mass is 9.84. The summed E-state index contributed by atoms with van der Waals surface area (Å²) in [6.45, 7) is 4.37. The smallest absolute Gasteiger partial charge is 0.131 e. The lowest BCUT2D eigenvalue weighted by Gasteiger charge is -2.39. The molecule has 3 aromatic rings. The van der Waals surface area contributed by atoms with Crippen molar-refractivity contribution >= 4 is 5.57 Å². The maximum atomic E-state index is 6.34. The summed E-state index contributed by atoms with van der Waals surface area (Å²) in [5.74, 6) is 1.71. The van der Waals surface area contributed by atoms with Crippen molar-refractivity contribution in [2.75, 3.05) is 26.7 Å². The second-order valence-corrected chi connectivity index (χ2v) is 9.34. The lowest BCUT2D eigenvalue weighted by molar-refractivity contribution is -0.0785. The summed E-state index contributed by atoms with van der Waals surface area (Å²) in [5, 5.41) is 0. The van der Waals surface area contributed by atoms with Crippen molar-refractivity contribution in [1.29, 1.82) is 0 Å². The van der Waals surface area contributed by atoms with Gasteiger partial charge in [-0.3, -0.25) is 4.98 Å². The molecule has 4 heterocycles. The number of ether oxygens (including phenoxy) is 3. The van der Waals surface area contributed by atoms with Gasteiger partial charge in [0, 0.05) is 37.0 Å². The van der Waals surface area contributed by atoms with Gasteiger partial charge in [0.05, 0.1) is 25.0 Å². The molecule has 0 radical (unpaired) electrons. The molecule has 0 N–H and O–H groups in total. The van der Waals surface area contributed by atoms with E-state index in [0.29, 0.717) is 6.61 Å². The Morgan fingerprint density at radius 2 is 1.91 bits per heavy atom. The number of benzene rings is 2. The Morgan fingerprint density at radius 3 is 2.79 bits per heavy atom. The Labute approximate surface area is 201 Å². The fourth-order valence-corrected chi connectivity index (χ4v) is 5.61. The van der Waals surface area contributed by atoms with E-state index in [1.54, 1.807) is 7.11 Å². The molecule has 3 aliphatic rings.